The van der Waals surface area contributed by atoms with Gasteiger partial charge in [-0.25, -0.2) is 0 Å². The molecule has 1 saturated carbocycles. The first-order chi connectivity index (χ1) is 7.84. The lowest BCUT2D eigenvalue weighted by atomic mass is 9.63. The number of aromatic nitrogens is 2. The fourth-order valence-electron chi connectivity index (χ4n) is 3.39. The van der Waals surface area contributed by atoms with Gasteiger partial charge in [-0.3, -0.25) is 4.68 Å². The zero-order valence-electron chi connectivity index (χ0n) is 10.1. The summed E-state index contributed by atoms with van der Waals surface area (Å²) in [6, 6.07) is 0.577. The number of hydrogen-bond donors (Lipinski definition) is 1. The molecule has 1 aromatic rings. The largest absolute Gasteiger partial charge is 0.309 e. The smallest absolute Gasteiger partial charge is 0.0537 e. The van der Waals surface area contributed by atoms with Gasteiger partial charge in [0, 0.05) is 36.3 Å². The molecule has 3 nitrogen and oxygen atoms in total. The topological polar surface area (TPSA) is 29.9 Å². The summed E-state index contributed by atoms with van der Waals surface area (Å²) < 4.78 is 2.03. The molecule has 3 heteroatoms. The maximum absolute atomic E-state index is 4.39. The van der Waals surface area contributed by atoms with E-state index in [0.717, 1.165) is 6.54 Å². The standard InChI is InChI=1S/C13H21N3/c1-2-16-9-11(8-15-16)12-13(10-14-12)6-4-3-5-7-13/h8-9,12,14H,2-7,10H2,1H3. The Labute approximate surface area is 97.2 Å². The predicted molar refractivity (Wildman–Crippen MR) is 64.2 cm³/mol. The lowest BCUT2D eigenvalue weighted by Crippen LogP contribution is -2.56. The second kappa shape index (κ2) is 3.88. The summed E-state index contributed by atoms with van der Waals surface area (Å²) in [5, 5.41) is 8.00. The molecule has 2 heterocycles. The highest BCUT2D eigenvalue weighted by Gasteiger charge is 2.47. The van der Waals surface area contributed by atoms with Crippen molar-refractivity contribution in [2.75, 3.05) is 6.54 Å². The van der Waals surface area contributed by atoms with Crippen molar-refractivity contribution >= 4 is 0 Å². The molecule has 0 aromatic carbocycles. The van der Waals surface area contributed by atoms with E-state index >= 15 is 0 Å². The molecule has 1 saturated heterocycles. The lowest BCUT2D eigenvalue weighted by molar-refractivity contribution is 0.0360. The Bertz CT molecular complexity index is 363. The molecule has 1 aromatic heterocycles. The van der Waals surface area contributed by atoms with Gasteiger partial charge in [-0.05, 0) is 19.8 Å². The van der Waals surface area contributed by atoms with Gasteiger partial charge in [0.25, 0.3) is 0 Å². The van der Waals surface area contributed by atoms with Crippen molar-refractivity contribution in [1.29, 1.82) is 0 Å². The number of nitrogens with zero attached hydrogens (tertiary/aromatic N) is 2. The molecule has 0 amide bonds. The summed E-state index contributed by atoms with van der Waals surface area (Å²) in [5.74, 6) is 0. The molecule has 3 rings (SSSR count). The Kier molecular flexibility index (Phi) is 2.51. The molecule has 1 aliphatic carbocycles. The van der Waals surface area contributed by atoms with Crippen LogP contribution < -0.4 is 5.32 Å². The average molecular weight is 219 g/mol. The van der Waals surface area contributed by atoms with Gasteiger partial charge in [0.05, 0.1) is 6.20 Å². The number of rotatable bonds is 2. The van der Waals surface area contributed by atoms with E-state index in [4.69, 9.17) is 0 Å². The highest BCUT2D eigenvalue weighted by atomic mass is 15.3. The van der Waals surface area contributed by atoms with E-state index in [1.165, 1.54) is 44.2 Å². The predicted octanol–water partition coefficient (Wildman–Crippen LogP) is 2.50. The third-order valence-electron chi connectivity index (χ3n) is 4.43. The molecule has 1 aliphatic heterocycles. The third kappa shape index (κ3) is 1.49. The summed E-state index contributed by atoms with van der Waals surface area (Å²) in [6.45, 7) is 4.33. The third-order valence-corrected chi connectivity index (χ3v) is 4.43. The lowest BCUT2D eigenvalue weighted by Gasteiger charge is -2.52. The van der Waals surface area contributed by atoms with E-state index in [9.17, 15) is 0 Å². The van der Waals surface area contributed by atoms with Crippen LogP contribution in [0.4, 0.5) is 0 Å². The molecular weight excluding hydrogens is 198 g/mol. The fraction of sp³-hybridized carbons (Fsp3) is 0.769. The molecule has 1 unspecified atom stereocenters. The Balaban J connectivity index is 1.79. The van der Waals surface area contributed by atoms with Crippen molar-refractivity contribution in [1.82, 2.24) is 15.1 Å². The summed E-state index contributed by atoms with van der Waals surface area (Å²) in [5.41, 5.74) is 1.97. The maximum Gasteiger partial charge on any atom is 0.0537 e. The SMILES string of the molecule is CCn1cc(C2NCC23CCCCC3)cn1. The van der Waals surface area contributed by atoms with Crippen LogP contribution in [0.5, 0.6) is 0 Å². The van der Waals surface area contributed by atoms with Crippen LogP contribution in [0.3, 0.4) is 0 Å². The molecule has 0 radical (unpaired) electrons. The first kappa shape index (κ1) is 10.3. The van der Waals surface area contributed by atoms with Gasteiger partial charge in [0.1, 0.15) is 0 Å². The summed E-state index contributed by atoms with van der Waals surface area (Å²) >= 11 is 0. The second-order valence-electron chi connectivity index (χ2n) is 5.37. The van der Waals surface area contributed by atoms with Crippen molar-refractivity contribution in [3.05, 3.63) is 18.0 Å². The van der Waals surface area contributed by atoms with Crippen molar-refractivity contribution in [3.63, 3.8) is 0 Å². The maximum atomic E-state index is 4.39. The number of nitrogens with one attached hydrogen (secondary N) is 1. The molecule has 1 N–H and O–H groups in total. The Morgan fingerprint density at radius 2 is 2.25 bits per heavy atom. The van der Waals surface area contributed by atoms with Gasteiger partial charge in [0.15, 0.2) is 0 Å². The first-order valence-corrected chi connectivity index (χ1v) is 6.60. The van der Waals surface area contributed by atoms with Gasteiger partial charge < -0.3 is 5.32 Å². The molecule has 16 heavy (non-hydrogen) atoms. The van der Waals surface area contributed by atoms with Crippen LogP contribution in [0.1, 0.15) is 50.6 Å². The van der Waals surface area contributed by atoms with Crippen LogP contribution in [0.2, 0.25) is 0 Å². The quantitative estimate of drug-likeness (QED) is 0.828. The Morgan fingerprint density at radius 3 is 2.81 bits per heavy atom. The summed E-state index contributed by atoms with van der Waals surface area (Å²) in [6.07, 6.45) is 11.3. The first-order valence-electron chi connectivity index (χ1n) is 6.60. The minimum Gasteiger partial charge on any atom is -0.309 e. The van der Waals surface area contributed by atoms with Crippen LogP contribution in [0.25, 0.3) is 0 Å². The highest BCUT2D eigenvalue weighted by Crippen LogP contribution is 2.50. The van der Waals surface area contributed by atoms with Gasteiger partial charge >= 0.3 is 0 Å². The van der Waals surface area contributed by atoms with E-state index < -0.39 is 0 Å². The van der Waals surface area contributed by atoms with Crippen molar-refractivity contribution in [2.45, 2.75) is 51.6 Å². The fourth-order valence-corrected chi connectivity index (χ4v) is 3.39. The molecule has 2 fully saturated rings. The zero-order valence-corrected chi connectivity index (χ0v) is 10.1. The van der Waals surface area contributed by atoms with Crippen LogP contribution in [0, 0.1) is 5.41 Å². The highest BCUT2D eigenvalue weighted by molar-refractivity contribution is 5.20. The molecule has 2 aliphatic rings. The number of aryl methyl sites for hydroxylation is 1. The van der Waals surface area contributed by atoms with Crippen LogP contribution in [-0.4, -0.2) is 16.3 Å². The molecule has 0 bridgehead atoms. The van der Waals surface area contributed by atoms with Gasteiger partial charge in [-0.1, -0.05) is 19.3 Å². The molecular formula is C13H21N3. The Hall–Kier alpha value is -0.830. The number of hydrogen-bond acceptors (Lipinski definition) is 2. The van der Waals surface area contributed by atoms with Crippen LogP contribution in [0.15, 0.2) is 12.4 Å². The van der Waals surface area contributed by atoms with E-state index in [0.29, 0.717) is 11.5 Å². The van der Waals surface area contributed by atoms with Gasteiger partial charge in [-0.15, -0.1) is 0 Å². The summed E-state index contributed by atoms with van der Waals surface area (Å²) in [4.78, 5) is 0. The second-order valence-corrected chi connectivity index (χ2v) is 5.37. The monoisotopic (exact) mass is 219 g/mol. The van der Waals surface area contributed by atoms with Crippen LogP contribution >= 0.6 is 0 Å². The normalized spacial score (nSPS) is 27.9. The van der Waals surface area contributed by atoms with E-state index in [1.807, 2.05) is 4.68 Å². The minimum atomic E-state index is 0.569. The average Bonchev–Trinajstić information content (AvgIpc) is 2.77. The van der Waals surface area contributed by atoms with Crippen LogP contribution in [-0.2, 0) is 6.54 Å². The van der Waals surface area contributed by atoms with Crippen molar-refractivity contribution in [3.8, 4) is 0 Å². The minimum absolute atomic E-state index is 0.569. The Morgan fingerprint density at radius 1 is 1.44 bits per heavy atom. The zero-order chi connectivity index (χ0) is 11.0. The van der Waals surface area contributed by atoms with Gasteiger partial charge in [-0.2, -0.15) is 5.10 Å². The molecule has 1 atom stereocenters. The van der Waals surface area contributed by atoms with Gasteiger partial charge in [0.2, 0.25) is 0 Å². The van der Waals surface area contributed by atoms with E-state index in [-0.39, 0.29) is 0 Å². The van der Waals surface area contributed by atoms with Crippen molar-refractivity contribution in [2.24, 2.45) is 5.41 Å². The summed E-state index contributed by atoms with van der Waals surface area (Å²) in [7, 11) is 0. The molecule has 1 spiro atoms. The van der Waals surface area contributed by atoms with E-state index in [1.54, 1.807) is 0 Å². The van der Waals surface area contributed by atoms with Crippen molar-refractivity contribution < 1.29 is 0 Å². The molecule has 88 valence electrons. The van der Waals surface area contributed by atoms with E-state index in [2.05, 4.69) is 29.7 Å².